The van der Waals surface area contributed by atoms with Gasteiger partial charge in [-0.1, -0.05) is 27.2 Å². The molecule has 5 nitrogen and oxygen atoms in total. The minimum Gasteiger partial charge on any atom is -0.465 e. The van der Waals surface area contributed by atoms with Gasteiger partial charge in [0.2, 0.25) is 5.91 Å². The fourth-order valence-corrected chi connectivity index (χ4v) is 2.81. The molecular weight excluding hydrogens is 268 g/mol. The molecule has 2 atom stereocenters. The van der Waals surface area contributed by atoms with Gasteiger partial charge in [-0.3, -0.25) is 9.59 Å². The van der Waals surface area contributed by atoms with Crippen LogP contribution in [0.2, 0.25) is 0 Å². The van der Waals surface area contributed by atoms with Gasteiger partial charge in [0.15, 0.2) is 0 Å². The van der Waals surface area contributed by atoms with Crippen LogP contribution in [0.5, 0.6) is 0 Å². The van der Waals surface area contributed by atoms with E-state index < -0.39 is 0 Å². The third kappa shape index (κ3) is 6.04. The number of carbonyl (C=O) groups is 2. The highest BCUT2D eigenvalue weighted by atomic mass is 16.5. The van der Waals surface area contributed by atoms with Gasteiger partial charge in [0.1, 0.15) is 6.54 Å². The summed E-state index contributed by atoms with van der Waals surface area (Å²) in [6.07, 6.45) is 3.10. The molecule has 1 saturated heterocycles. The molecule has 0 aromatic carbocycles. The quantitative estimate of drug-likeness (QED) is 0.728. The number of carbonyl (C=O) groups excluding carboxylic acids is 2. The lowest BCUT2D eigenvalue weighted by molar-refractivity contribution is -0.150. The second-order valence-electron chi connectivity index (χ2n) is 6.22. The Morgan fingerprint density at radius 1 is 1.33 bits per heavy atom. The molecular formula is C16H30N2O3. The van der Waals surface area contributed by atoms with Crippen LogP contribution in [0.4, 0.5) is 0 Å². The standard InChI is InChI=1S/C16H30N2O3/c1-5-13-7-8-17-14(9-13)16(20)18(10-12(3)4)11-15(19)21-6-2/h12-14,17H,5-11H2,1-4H3. The molecule has 1 rings (SSSR count). The summed E-state index contributed by atoms with van der Waals surface area (Å²) in [6, 6.07) is -0.156. The third-order valence-corrected chi connectivity index (χ3v) is 3.91. The molecule has 0 aromatic rings. The van der Waals surface area contributed by atoms with Crippen LogP contribution in [0.25, 0.3) is 0 Å². The predicted octanol–water partition coefficient (Wildman–Crippen LogP) is 1.81. The molecule has 122 valence electrons. The zero-order valence-electron chi connectivity index (χ0n) is 13.9. The van der Waals surface area contributed by atoms with Gasteiger partial charge in [-0.25, -0.2) is 0 Å². The summed E-state index contributed by atoms with van der Waals surface area (Å²) in [7, 11) is 0. The summed E-state index contributed by atoms with van der Waals surface area (Å²) >= 11 is 0. The van der Waals surface area contributed by atoms with Gasteiger partial charge in [-0.2, -0.15) is 0 Å². The molecule has 1 fully saturated rings. The minimum atomic E-state index is -0.325. The van der Waals surface area contributed by atoms with E-state index in [0.29, 0.717) is 25.0 Å². The fraction of sp³-hybridized carbons (Fsp3) is 0.875. The summed E-state index contributed by atoms with van der Waals surface area (Å²) in [5, 5.41) is 3.30. The van der Waals surface area contributed by atoms with Crippen molar-refractivity contribution in [2.75, 3.05) is 26.2 Å². The number of hydrogen-bond acceptors (Lipinski definition) is 4. The Kier molecular flexibility index (Phi) is 7.72. The van der Waals surface area contributed by atoms with Crippen molar-refractivity contribution in [3.63, 3.8) is 0 Å². The highest BCUT2D eigenvalue weighted by Crippen LogP contribution is 2.20. The van der Waals surface area contributed by atoms with Crippen LogP contribution in [-0.4, -0.2) is 49.1 Å². The van der Waals surface area contributed by atoms with Crippen molar-refractivity contribution >= 4 is 11.9 Å². The number of ether oxygens (including phenoxy) is 1. The van der Waals surface area contributed by atoms with Crippen LogP contribution >= 0.6 is 0 Å². The molecule has 21 heavy (non-hydrogen) atoms. The van der Waals surface area contributed by atoms with Crippen LogP contribution < -0.4 is 5.32 Å². The first-order valence-electron chi connectivity index (χ1n) is 8.15. The van der Waals surface area contributed by atoms with Crippen molar-refractivity contribution in [1.82, 2.24) is 10.2 Å². The number of nitrogens with one attached hydrogen (secondary N) is 1. The number of amides is 1. The van der Waals surface area contributed by atoms with Gasteiger partial charge in [0.25, 0.3) is 0 Å². The lowest BCUT2D eigenvalue weighted by atomic mass is 9.90. The molecule has 1 amide bonds. The Morgan fingerprint density at radius 3 is 2.62 bits per heavy atom. The molecule has 0 bridgehead atoms. The molecule has 5 heteroatoms. The molecule has 1 aliphatic heterocycles. The Bertz CT molecular complexity index is 344. The van der Waals surface area contributed by atoms with Gasteiger partial charge in [-0.15, -0.1) is 0 Å². The zero-order chi connectivity index (χ0) is 15.8. The maximum absolute atomic E-state index is 12.7. The predicted molar refractivity (Wildman–Crippen MR) is 82.9 cm³/mol. The van der Waals surface area contributed by atoms with E-state index in [9.17, 15) is 9.59 Å². The van der Waals surface area contributed by atoms with Crippen molar-refractivity contribution in [3.8, 4) is 0 Å². The van der Waals surface area contributed by atoms with Crippen LogP contribution in [-0.2, 0) is 14.3 Å². The summed E-state index contributed by atoms with van der Waals surface area (Å²) in [6.45, 7) is 9.92. The Balaban J connectivity index is 2.67. The summed E-state index contributed by atoms with van der Waals surface area (Å²) in [4.78, 5) is 26.0. The van der Waals surface area contributed by atoms with Gasteiger partial charge in [-0.05, 0) is 38.1 Å². The maximum Gasteiger partial charge on any atom is 0.325 e. The number of esters is 1. The summed E-state index contributed by atoms with van der Waals surface area (Å²) < 4.78 is 4.98. The topological polar surface area (TPSA) is 58.6 Å². The van der Waals surface area contributed by atoms with Crippen molar-refractivity contribution in [3.05, 3.63) is 0 Å². The second kappa shape index (κ2) is 9.03. The van der Waals surface area contributed by atoms with Crippen LogP contribution in [0.1, 0.15) is 47.0 Å². The molecule has 0 aliphatic carbocycles. The maximum atomic E-state index is 12.7. The smallest absolute Gasteiger partial charge is 0.325 e. The number of nitrogens with zero attached hydrogens (tertiary/aromatic N) is 1. The Morgan fingerprint density at radius 2 is 2.05 bits per heavy atom. The van der Waals surface area contributed by atoms with Gasteiger partial charge >= 0.3 is 5.97 Å². The lowest BCUT2D eigenvalue weighted by Gasteiger charge is -2.33. The SMILES string of the molecule is CCOC(=O)CN(CC(C)C)C(=O)C1CC(CC)CCN1. The first-order chi connectivity index (χ1) is 9.97. The van der Waals surface area contributed by atoms with Crippen molar-refractivity contribution < 1.29 is 14.3 Å². The highest BCUT2D eigenvalue weighted by Gasteiger charge is 2.30. The van der Waals surface area contributed by atoms with Crippen molar-refractivity contribution in [2.45, 2.75) is 53.0 Å². The fourth-order valence-electron chi connectivity index (χ4n) is 2.81. The molecule has 0 spiro atoms. The van der Waals surface area contributed by atoms with Crippen LogP contribution in [0.15, 0.2) is 0 Å². The van der Waals surface area contributed by atoms with E-state index in [1.807, 2.05) is 0 Å². The molecule has 0 aromatic heterocycles. The van der Waals surface area contributed by atoms with E-state index in [-0.39, 0.29) is 24.5 Å². The van der Waals surface area contributed by atoms with E-state index in [1.54, 1.807) is 11.8 Å². The minimum absolute atomic E-state index is 0.0369. The van der Waals surface area contributed by atoms with Crippen molar-refractivity contribution in [2.24, 2.45) is 11.8 Å². The van der Waals surface area contributed by atoms with E-state index in [1.165, 1.54) is 0 Å². The number of hydrogen-bond donors (Lipinski definition) is 1. The number of rotatable bonds is 7. The average molecular weight is 298 g/mol. The summed E-state index contributed by atoms with van der Waals surface area (Å²) in [5.74, 6) is 0.641. The molecule has 1 heterocycles. The second-order valence-corrected chi connectivity index (χ2v) is 6.22. The number of piperidine rings is 1. The van der Waals surface area contributed by atoms with Gasteiger partial charge in [0, 0.05) is 6.54 Å². The molecule has 2 unspecified atom stereocenters. The van der Waals surface area contributed by atoms with E-state index in [4.69, 9.17) is 4.74 Å². The van der Waals surface area contributed by atoms with E-state index in [2.05, 4.69) is 26.1 Å². The first-order valence-corrected chi connectivity index (χ1v) is 8.15. The van der Waals surface area contributed by atoms with E-state index in [0.717, 1.165) is 25.8 Å². The van der Waals surface area contributed by atoms with Crippen LogP contribution in [0, 0.1) is 11.8 Å². The Hall–Kier alpha value is -1.10. The molecule has 1 N–H and O–H groups in total. The molecule has 0 radical (unpaired) electrons. The largest absolute Gasteiger partial charge is 0.465 e. The van der Waals surface area contributed by atoms with Gasteiger partial charge in [0.05, 0.1) is 12.6 Å². The monoisotopic (exact) mass is 298 g/mol. The van der Waals surface area contributed by atoms with E-state index >= 15 is 0 Å². The first kappa shape index (κ1) is 18.0. The third-order valence-electron chi connectivity index (χ3n) is 3.91. The molecule has 0 saturated carbocycles. The van der Waals surface area contributed by atoms with Crippen molar-refractivity contribution in [1.29, 1.82) is 0 Å². The summed E-state index contributed by atoms with van der Waals surface area (Å²) in [5.41, 5.74) is 0. The molecule has 1 aliphatic rings. The zero-order valence-corrected chi connectivity index (χ0v) is 13.9. The lowest BCUT2D eigenvalue weighted by Crippen LogP contribution is -2.52. The highest BCUT2D eigenvalue weighted by molar-refractivity contribution is 5.86. The normalized spacial score (nSPS) is 22.1. The average Bonchev–Trinajstić information content (AvgIpc) is 2.45. The van der Waals surface area contributed by atoms with Crippen LogP contribution in [0.3, 0.4) is 0 Å². The Labute approximate surface area is 128 Å². The van der Waals surface area contributed by atoms with Gasteiger partial charge < -0.3 is 15.0 Å².